The quantitative estimate of drug-likeness (QED) is 0.181. The number of aromatic carboxylic acids is 1. The van der Waals surface area contributed by atoms with Gasteiger partial charge in [-0.15, -0.1) is 0 Å². The molecule has 2 aromatic carbocycles. The summed E-state index contributed by atoms with van der Waals surface area (Å²) in [7, 11) is -8.37. The summed E-state index contributed by atoms with van der Waals surface area (Å²) in [5, 5.41) is 21.0. The van der Waals surface area contributed by atoms with Crippen LogP contribution in [-0.4, -0.2) is 43.0 Å². The van der Waals surface area contributed by atoms with E-state index in [0.717, 1.165) is 0 Å². The van der Waals surface area contributed by atoms with Crippen LogP contribution in [-0.2, 0) is 25.6 Å². The number of aromatic hydroxyl groups is 1. The van der Waals surface area contributed by atoms with Gasteiger partial charge in [-0.1, -0.05) is 30.3 Å². The Labute approximate surface area is 268 Å². The van der Waals surface area contributed by atoms with Crippen molar-refractivity contribution in [2.24, 2.45) is 0 Å². The number of hydrogen-bond donors (Lipinski definition) is 3. The number of rotatable bonds is 8. The highest BCUT2D eigenvalue weighted by Crippen LogP contribution is 2.46. The average Bonchev–Trinajstić information content (AvgIpc) is 3.06. The number of anilines is 1. The molecule has 0 bridgehead atoms. The summed E-state index contributed by atoms with van der Waals surface area (Å²) in [6, 6.07) is 17.3. The van der Waals surface area contributed by atoms with E-state index in [1.165, 1.54) is 86.9 Å². The number of aryl methyl sites for hydroxylation is 1. The molecule has 2 aliphatic rings. The molecule has 0 radical (unpaired) electrons. The topological polar surface area (TPSA) is 194 Å². The van der Waals surface area contributed by atoms with Crippen LogP contribution in [0.1, 0.15) is 27.0 Å². The van der Waals surface area contributed by atoms with E-state index in [-0.39, 0.29) is 77.2 Å². The number of carboxylic acids is 1. The van der Waals surface area contributed by atoms with Crippen molar-refractivity contribution in [1.29, 1.82) is 0 Å². The number of benzene rings is 3. The van der Waals surface area contributed by atoms with Gasteiger partial charge in [0.15, 0.2) is 19.9 Å². The number of aromatic nitrogens is 2. The van der Waals surface area contributed by atoms with E-state index in [0.29, 0.717) is 0 Å². The normalized spacial score (nSPS) is 12.0. The van der Waals surface area contributed by atoms with Crippen molar-refractivity contribution in [2.75, 3.05) is 4.72 Å². The lowest BCUT2D eigenvalue weighted by Gasteiger charge is -2.21. The standard InChI is InChI=1S/C33H25N3O9S2/c1-18-29(37)20(17-46(41,42)26-11-5-7-13-34-26)15-23-28(21-9-3-4-10-22(21)33(39)40)24-16-25(30(38)19(2)32(24)45-31(18)23)36-47(43,44)27-12-6-8-14-35-27/h3-16,36-37H,17H2,1-2H3,(H,39,40). The molecule has 0 fully saturated rings. The van der Waals surface area contributed by atoms with Crippen molar-refractivity contribution < 1.29 is 36.3 Å². The van der Waals surface area contributed by atoms with Crippen LogP contribution in [0.25, 0.3) is 33.4 Å². The van der Waals surface area contributed by atoms with Crippen LogP contribution in [0.15, 0.2) is 104 Å². The van der Waals surface area contributed by atoms with Gasteiger partial charge in [-0.05, 0) is 61.9 Å². The zero-order valence-corrected chi connectivity index (χ0v) is 26.4. The summed E-state index contributed by atoms with van der Waals surface area (Å²) >= 11 is 0. The summed E-state index contributed by atoms with van der Waals surface area (Å²) in [5.74, 6) is -2.30. The summed E-state index contributed by atoms with van der Waals surface area (Å²) in [4.78, 5) is 33.8. The Kier molecular flexibility index (Phi) is 7.77. The second-order valence-corrected chi connectivity index (χ2v) is 14.2. The number of carbonyl (C=O) groups is 1. The van der Waals surface area contributed by atoms with Crippen molar-refractivity contribution in [3.8, 4) is 28.2 Å². The second-order valence-electron chi connectivity index (χ2n) is 10.7. The van der Waals surface area contributed by atoms with Gasteiger partial charge in [0.25, 0.3) is 10.0 Å². The number of carboxylic acid groups (broad SMARTS) is 1. The molecule has 4 aromatic rings. The molecule has 47 heavy (non-hydrogen) atoms. The van der Waals surface area contributed by atoms with Crippen LogP contribution in [0.2, 0.25) is 0 Å². The Morgan fingerprint density at radius 3 is 2.13 bits per heavy atom. The molecular formula is C33H25N3O9S2. The Morgan fingerprint density at radius 2 is 1.49 bits per heavy atom. The fourth-order valence-corrected chi connectivity index (χ4v) is 7.69. The number of pyridine rings is 2. The molecule has 1 aliphatic heterocycles. The van der Waals surface area contributed by atoms with Crippen LogP contribution >= 0.6 is 0 Å². The first kappa shape index (κ1) is 31.4. The van der Waals surface area contributed by atoms with Gasteiger partial charge < -0.3 is 14.6 Å². The minimum absolute atomic E-state index is 0.00197. The monoisotopic (exact) mass is 671 g/mol. The summed E-state index contributed by atoms with van der Waals surface area (Å²) in [6.45, 7) is 2.92. The van der Waals surface area contributed by atoms with Gasteiger partial charge >= 0.3 is 5.97 Å². The number of phenols is 1. The van der Waals surface area contributed by atoms with E-state index in [1.807, 2.05) is 0 Å². The maximum Gasteiger partial charge on any atom is 0.336 e. The van der Waals surface area contributed by atoms with Crippen LogP contribution in [0.4, 0.5) is 5.69 Å². The highest BCUT2D eigenvalue weighted by atomic mass is 32.2. The van der Waals surface area contributed by atoms with Crippen LogP contribution in [0, 0.1) is 13.8 Å². The van der Waals surface area contributed by atoms with Crippen LogP contribution < -0.4 is 10.2 Å². The lowest BCUT2D eigenvalue weighted by Crippen LogP contribution is -2.21. The molecule has 2 aromatic heterocycles. The van der Waals surface area contributed by atoms with Gasteiger partial charge in [-0.3, -0.25) is 9.52 Å². The molecule has 12 nitrogen and oxygen atoms in total. The maximum atomic E-state index is 13.5. The number of phenolic OH excluding ortho intramolecular Hbond substituents is 1. The smallest absolute Gasteiger partial charge is 0.336 e. The number of hydrogen-bond acceptors (Lipinski definition) is 10. The van der Waals surface area contributed by atoms with Gasteiger partial charge in [0.1, 0.15) is 17.1 Å². The molecule has 3 N–H and O–H groups in total. The number of sulfonamides is 1. The third kappa shape index (κ3) is 5.57. The molecule has 0 unspecified atom stereocenters. The largest absolute Gasteiger partial charge is 0.507 e. The molecule has 0 saturated heterocycles. The van der Waals surface area contributed by atoms with E-state index < -0.39 is 37.0 Å². The molecule has 0 amide bonds. The molecule has 1 aliphatic carbocycles. The van der Waals surface area contributed by atoms with E-state index in [9.17, 15) is 36.6 Å². The van der Waals surface area contributed by atoms with Gasteiger partial charge in [-0.25, -0.2) is 23.2 Å². The Bertz CT molecular complexity index is 2460. The number of sulfone groups is 1. The lowest BCUT2D eigenvalue weighted by atomic mass is 9.88. The molecule has 3 heterocycles. The van der Waals surface area contributed by atoms with E-state index in [4.69, 9.17) is 4.42 Å². The molecule has 6 rings (SSSR count). The SMILES string of the molecule is Cc1c2oc3c(C)c(O)c(CS(=O)(=O)c4ccccn4)cc3c(-c3ccccc3C(=O)O)c-2cc(NS(=O)(=O)c2ccccn2)c1=O. The minimum atomic E-state index is -4.32. The summed E-state index contributed by atoms with van der Waals surface area (Å²) in [6.07, 6.45) is 2.62. The second kappa shape index (κ2) is 11.6. The minimum Gasteiger partial charge on any atom is -0.507 e. The third-order valence-corrected chi connectivity index (χ3v) is 10.5. The zero-order valence-electron chi connectivity index (χ0n) is 24.8. The zero-order chi connectivity index (χ0) is 33.7. The summed E-state index contributed by atoms with van der Waals surface area (Å²) < 4.78 is 61.5. The first-order valence-corrected chi connectivity index (χ1v) is 17.1. The fourth-order valence-electron chi connectivity index (χ4n) is 5.40. The Morgan fingerprint density at radius 1 is 0.851 bits per heavy atom. The van der Waals surface area contributed by atoms with Crippen LogP contribution in [0.3, 0.4) is 0 Å². The first-order chi connectivity index (χ1) is 22.3. The van der Waals surface area contributed by atoms with E-state index >= 15 is 0 Å². The van der Waals surface area contributed by atoms with E-state index in [2.05, 4.69) is 14.7 Å². The van der Waals surface area contributed by atoms with E-state index in [1.54, 1.807) is 12.1 Å². The molecular weight excluding hydrogens is 647 g/mol. The Balaban J connectivity index is 1.69. The molecule has 14 heteroatoms. The van der Waals surface area contributed by atoms with Crippen molar-refractivity contribution in [3.05, 3.63) is 118 Å². The molecule has 0 atom stereocenters. The summed E-state index contributed by atoms with van der Waals surface area (Å²) in [5.41, 5.74) is -0.471. The van der Waals surface area contributed by atoms with Gasteiger partial charge in [0.2, 0.25) is 5.43 Å². The first-order valence-electron chi connectivity index (χ1n) is 14.0. The van der Waals surface area contributed by atoms with Crippen LogP contribution in [0.5, 0.6) is 5.75 Å². The Hall–Kier alpha value is -5.60. The number of nitrogens with one attached hydrogen (secondary N) is 1. The number of fused-ring (bicyclic) bond motifs is 2. The van der Waals surface area contributed by atoms with Gasteiger partial charge in [0.05, 0.1) is 17.0 Å². The highest BCUT2D eigenvalue weighted by Gasteiger charge is 2.29. The highest BCUT2D eigenvalue weighted by molar-refractivity contribution is 7.92. The fraction of sp³-hybridized carbons (Fsp3) is 0.0909. The van der Waals surface area contributed by atoms with Crippen molar-refractivity contribution in [1.82, 2.24) is 9.97 Å². The molecule has 238 valence electrons. The van der Waals surface area contributed by atoms with Crippen molar-refractivity contribution >= 4 is 42.5 Å². The predicted molar refractivity (Wildman–Crippen MR) is 173 cm³/mol. The average molecular weight is 672 g/mol. The van der Waals surface area contributed by atoms with Gasteiger partial charge in [-0.2, -0.15) is 8.42 Å². The van der Waals surface area contributed by atoms with Gasteiger partial charge in [0, 0.05) is 45.6 Å². The molecule has 0 spiro atoms. The maximum absolute atomic E-state index is 13.5. The third-order valence-electron chi connectivity index (χ3n) is 7.65. The molecule has 0 saturated carbocycles. The van der Waals surface area contributed by atoms with Crippen molar-refractivity contribution in [2.45, 2.75) is 29.7 Å². The van der Waals surface area contributed by atoms with Crippen molar-refractivity contribution in [3.63, 3.8) is 0 Å². The predicted octanol–water partition coefficient (Wildman–Crippen LogP) is 5.15. The lowest BCUT2D eigenvalue weighted by molar-refractivity contribution is 0.0697. The number of nitrogens with zero attached hydrogens (tertiary/aromatic N) is 2.